The van der Waals surface area contributed by atoms with E-state index in [4.69, 9.17) is 21.7 Å². The maximum absolute atomic E-state index is 12.4. The molecule has 116 valence electrons. The molecule has 1 fully saturated rings. The minimum absolute atomic E-state index is 0.111. The second-order valence-corrected chi connectivity index (χ2v) is 6.07. The molecule has 0 saturated carbocycles. The zero-order valence-electron chi connectivity index (χ0n) is 12.5. The molecule has 1 heterocycles. The van der Waals surface area contributed by atoms with Gasteiger partial charge in [0.25, 0.3) is 5.91 Å². The van der Waals surface area contributed by atoms with E-state index in [-0.39, 0.29) is 5.91 Å². The average molecular weight is 335 g/mol. The summed E-state index contributed by atoms with van der Waals surface area (Å²) in [4.78, 5) is 14.5. The van der Waals surface area contributed by atoms with Gasteiger partial charge in [0, 0.05) is 12.1 Å². The van der Waals surface area contributed by atoms with Crippen LogP contribution in [0.15, 0.2) is 35.8 Å². The molecule has 22 heavy (non-hydrogen) atoms. The van der Waals surface area contributed by atoms with Gasteiger partial charge in [-0.05, 0) is 19.1 Å². The van der Waals surface area contributed by atoms with Gasteiger partial charge in [0.2, 0.25) is 0 Å². The molecule has 0 atom stereocenters. The molecule has 1 aliphatic rings. The SMILES string of the molecule is C=CCN1C(=O)/C(=C/c2cccc(OC)c2OCC)SC1=S. The van der Waals surface area contributed by atoms with E-state index >= 15 is 0 Å². The van der Waals surface area contributed by atoms with Crippen molar-refractivity contribution in [3.63, 3.8) is 0 Å². The van der Waals surface area contributed by atoms with E-state index in [2.05, 4.69) is 6.58 Å². The number of carbonyl (C=O) groups is 1. The predicted octanol–water partition coefficient (Wildman–Crippen LogP) is 3.48. The Morgan fingerprint density at radius 1 is 1.45 bits per heavy atom. The largest absolute Gasteiger partial charge is 0.493 e. The number of hydrogen-bond donors (Lipinski definition) is 0. The molecule has 0 N–H and O–H groups in total. The Labute approximate surface area is 139 Å². The van der Waals surface area contributed by atoms with Crippen LogP contribution < -0.4 is 9.47 Å². The molecule has 0 spiro atoms. The number of thioether (sulfide) groups is 1. The highest BCUT2D eigenvalue weighted by Gasteiger charge is 2.31. The zero-order valence-corrected chi connectivity index (χ0v) is 14.1. The summed E-state index contributed by atoms with van der Waals surface area (Å²) in [6, 6.07) is 5.57. The second kappa shape index (κ2) is 7.47. The fraction of sp³-hybridized carbons (Fsp3) is 0.250. The Hall–Kier alpha value is -1.79. The summed E-state index contributed by atoms with van der Waals surface area (Å²) in [5, 5.41) is 0. The Balaban J connectivity index is 2.39. The molecule has 4 nitrogen and oxygen atoms in total. The minimum Gasteiger partial charge on any atom is -0.493 e. The van der Waals surface area contributed by atoms with Crippen LogP contribution in [-0.4, -0.2) is 35.4 Å². The Morgan fingerprint density at radius 2 is 2.23 bits per heavy atom. The summed E-state index contributed by atoms with van der Waals surface area (Å²) in [6.07, 6.45) is 3.45. The number of carbonyl (C=O) groups excluding carboxylic acids is 1. The predicted molar refractivity (Wildman–Crippen MR) is 94.2 cm³/mol. The van der Waals surface area contributed by atoms with Crippen LogP contribution in [0, 0.1) is 0 Å². The lowest BCUT2D eigenvalue weighted by molar-refractivity contribution is -0.121. The second-order valence-electron chi connectivity index (χ2n) is 4.39. The molecular formula is C16H17NO3S2. The third-order valence-corrected chi connectivity index (χ3v) is 4.37. The molecule has 2 rings (SSSR count). The van der Waals surface area contributed by atoms with E-state index in [9.17, 15) is 4.79 Å². The fourth-order valence-corrected chi connectivity index (χ4v) is 3.30. The van der Waals surface area contributed by atoms with Crippen molar-refractivity contribution in [1.29, 1.82) is 0 Å². The van der Waals surface area contributed by atoms with Crippen molar-refractivity contribution in [2.75, 3.05) is 20.3 Å². The lowest BCUT2D eigenvalue weighted by atomic mass is 10.1. The first-order chi connectivity index (χ1) is 10.6. The summed E-state index contributed by atoms with van der Waals surface area (Å²) >= 11 is 6.51. The van der Waals surface area contributed by atoms with Crippen molar-refractivity contribution in [2.24, 2.45) is 0 Å². The third kappa shape index (κ3) is 3.34. The molecule has 1 saturated heterocycles. The molecule has 0 unspecified atom stereocenters. The van der Waals surface area contributed by atoms with Gasteiger partial charge >= 0.3 is 0 Å². The maximum Gasteiger partial charge on any atom is 0.266 e. The molecule has 1 aromatic carbocycles. The Morgan fingerprint density at radius 3 is 2.86 bits per heavy atom. The number of ether oxygens (including phenoxy) is 2. The average Bonchev–Trinajstić information content (AvgIpc) is 2.77. The first-order valence-corrected chi connectivity index (χ1v) is 8.00. The van der Waals surface area contributed by atoms with Gasteiger partial charge in [0.05, 0.1) is 18.6 Å². The summed E-state index contributed by atoms with van der Waals surface area (Å²) in [7, 11) is 1.59. The Kier molecular flexibility index (Phi) is 5.63. The molecule has 6 heteroatoms. The van der Waals surface area contributed by atoms with Crippen LogP contribution in [0.25, 0.3) is 6.08 Å². The van der Waals surface area contributed by atoms with Crippen molar-refractivity contribution < 1.29 is 14.3 Å². The Bertz CT molecular complexity index is 640. The highest BCUT2D eigenvalue weighted by Crippen LogP contribution is 2.37. The van der Waals surface area contributed by atoms with Crippen LogP contribution in [0.2, 0.25) is 0 Å². The number of hydrogen-bond acceptors (Lipinski definition) is 5. The van der Waals surface area contributed by atoms with Crippen molar-refractivity contribution in [3.8, 4) is 11.5 Å². The van der Waals surface area contributed by atoms with Crippen molar-refractivity contribution in [2.45, 2.75) is 6.92 Å². The van der Waals surface area contributed by atoms with Crippen LogP contribution in [0.4, 0.5) is 0 Å². The number of nitrogens with zero attached hydrogens (tertiary/aromatic N) is 1. The van der Waals surface area contributed by atoms with Gasteiger partial charge in [-0.1, -0.05) is 42.2 Å². The number of thiocarbonyl (C=S) groups is 1. The minimum atomic E-state index is -0.111. The van der Waals surface area contributed by atoms with E-state index in [0.29, 0.717) is 33.9 Å². The summed E-state index contributed by atoms with van der Waals surface area (Å²) in [5.74, 6) is 1.15. The molecule has 0 radical (unpaired) electrons. The molecule has 1 amide bonds. The van der Waals surface area contributed by atoms with E-state index < -0.39 is 0 Å². The molecule has 0 bridgehead atoms. The summed E-state index contributed by atoms with van der Waals surface area (Å²) < 4.78 is 11.5. The number of benzene rings is 1. The first-order valence-electron chi connectivity index (χ1n) is 6.78. The van der Waals surface area contributed by atoms with Gasteiger partial charge in [0.1, 0.15) is 4.32 Å². The van der Waals surface area contributed by atoms with Gasteiger partial charge < -0.3 is 9.47 Å². The van der Waals surface area contributed by atoms with E-state index in [1.165, 1.54) is 16.7 Å². The van der Waals surface area contributed by atoms with E-state index in [1.54, 1.807) is 19.3 Å². The zero-order chi connectivity index (χ0) is 16.1. The van der Waals surface area contributed by atoms with Gasteiger partial charge in [0.15, 0.2) is 11.5 Å². The summed E-state index contributed by atoms with van der Waals surface area (Å²) in [6.45, 7) is 6.47. The van der Waals surface area contributed by atoms with Crippen LogP contribution in [0.1, 0.15) is 12.5 Å². The van der Waals surface area contributed by atoms with Crippen LogP contribution in [0.3, 0.4) is 0 Å². The molecule has 1 aliphatic heterocycles. The number of amides is 1. The molecule has 1 aromatic rings. The third-order valence-electron chi connectivity index (χ3n) is 2.99. The normalized spacial score (nSPS) is 16.3. The van der Waals surface area contributed by atoms with Gasteiger partial charge in [-0.3, -0.25) is 9.69 Å². The number of rotatable bonds is 6. The van der Waals surface area contributed by atoms with Crippen molar-refractivity contribution in [3.05, 3.63) is 41.3 Å². The molecular weight excluding hydrogens is 318 g/mol. The monoisotopic (exact) mass is 335 g/mol. The maximum atomic E-state index is 12.4. The van der Waals surface area contributed by atoms with E-state index in [1.807, 2.05) is 25.1 Å². The lowest BCUT2D eigenvalue weighted by Gasteiger charge is -2.12. The number of methoxy groups -OCH3 is 1. The number of para-hydroxylation sites is 1. The highest BCUT2D eigenvalue weighted by molar-refractivity contribution is 8.26. The van der Waals surface area contributed by atoms with Gasteiger partial charge in [-0.15, -0.1) is 6.58 Å². The molecule has 0 aromatic heterocycles. The lowest BCUT2D eigenvalue weighted by Crippen LogP contribution is -2.27. The topological polar surface area (TPSA) is 38.8 Å². The van der Waals surface area contributed by atoms with E-state index in [0.717, 1.165) is 5.56 Å². The smallest absolute Gasteiger partial charge is 0.266 e. The first kappa shape index (κ1) is 16.6. The quantitative estimate of drug-likeness (QED) is 0.452. The molecule has 0 aliphatic carbocycles. The van der Waals surface area contributed by atoms with Gasteiger partial charge in [-0.2, -0.15) is 0 Å². The fourth-order valence-electron chi connectivity index (χ4n) is 2.03. The standard InChI is InChI=1S/C16H17NO3S2/c1-4-9-17-15(18)13(22-16(17)21)10-11-7-6-8-12(19-3)14(11)20-5-2/h4,6-8,10H,1,5,9H2,2-3H3/b13-10-. The van der Waals surface area contributed by atoms with Gasteiger partial charge in [-0.25, -0.2) is 0 Å². The van der Waals surface area contributed by atoms with Crippen LogP contribution in [0.5, 0.6) is 11.5 Å². The van der Waals surface area contributed by atoms with Crippen LogP contribution in [-0.2, 0) is 4.79 Å². The van der Waals surface area contributed by atoms with Crippen molar-refractivity contribution in [1.82, 2.24) is 4.90 Å². The van der Waals surface area contributed by atoms with Crippen LogP contribution >= 0.6 is 24.0 Å². The summed E-state index contributed by atoms with van der Waals surface area (Å²) in [5.41, 5.74) is 0.792. The highest BCUT2D eigenvalue weighted by atomic mass is 32.2. The van der Waals surface area contributed by atoms with Crippen molar-refractivity contribution >= 4 is 40.3 Å².